The maximum Gasteiger partial charge on any atom is 0.303 e. The van der Waals surface area contributed by atoms with E-state index in [1.165, 1.54) is 11.8 Å². The Morgan fingerprint density at radius 1 is 1.17 bits per heavy atom. The summed E-state index contributed by atoms with van der Waals surface area (Å²) in [5, 5.41) is 9.07. The summed E-state index contributed by atoms with van der Waals surface area (Å²) >= 11 is 1.32. The van der Waals surface area contributed by atoms with Crippen molar-refractivity contribution in [2.45, 2.75) is 44.4 Å². The van der Waals surface area contributed by atoms with Crippen LogP contribution < -0.4 is 9.80 Å². The lowest BCUT2D eigenvalue weighted by Gasteiger charge is -2.26. The Balaban J connectivity index is 1.85. The number of sulfone groups is 1. The van der Waals surface area contributed by atoms with Crippen LogP contribution >= 0.6 is 11.8 Å². The van der Waals surface area contributed by atoms with Gasteiger partial charge in [0.15, 0.2) is 15.0 Å². The third kappa shape index (κ3) is 5.15. The summed E-state index contributed by atoms with van der Waals surface area (Å²) in [6.07, 6.45) is 0.206. The van der Waals surface area contributed by atoms with E-state index in [9.17, 15) is 18.0 Å². The van der Waals surface area contributed by atoms with Crippen LogP contribution in [-0.2, 0) is 19.4 Å². The number of rotatable bonds is 8. The van der Waals surface area contributed by atoms with E-state index in [0.29, 0.717) is 5.17 Å². The molecule has 2 saturated heterocycles. The predicted molar refractivity (Wildman–Crippen MR) is 120 cm³/mol. The minimum absolute atomic E-state index is 0.0364. The summed E-state index contributed by atoms with van der Waals surface area (Å²) in [6, 6.07) is 7.61. The van der Waals surface area contributed by atoms with Gasteiger partial charge in [-0.2, -0.15) is 4.99 Å². The number of fused-ring (bicyclic) bond motifs is 1. The largest absolute Gasteiger partial charge is 0.481 e. The fourth-order valence-corrected chi connectivity index (χ4v) is 7.76. The van der Waals surface area contributed by atoms with Crippen LogP contribution in [0.25, 0.3) is 0 Å². The zero-order chi connectivity index (χ0) is 21.9. The topological polar surface area (TPSA) is 107 Å². The van der Waals surface area contributed by atoms with Gasteiger partial charge in [0, 0.05) is 42.6 Å². The van der Waals surface area contributed by atoms with Crippen LogP contribution in [0.5, 0.6) is 0 Å². The molecule has 2 fully saturated rings. The molecule has 0 aromatic heterocycles. The van der Waals surface area contributed by atoms with E-state index < -0.39 is 15.8 Å². The average Bonchev–Trinajstić information content (AvgIpc) is 3.13. The van der Waals surface area contributed by atoms with E-state index in [2.05, 4.69) is 23.7 Å². The molecule has 2 aliphatic heterocycles. The van der Waals surface area contributed by atoms with Crippen LogP contribution in [0.1, 0.15) is 33.1 Å². The number of carboxylic acid groups (broad SMARTS) is 1. The Kier molecular flexibility index (Phi) is 7.07. The van der Waals surface area contributed by atoms with Crippen LogP contribution in [0.15, 0.2) is 29.3 Å². The quantitative estimate of drug-likeness (QED) is 0.639. The van der Waals surface area contributed by atoms with E-state index in [1.54, 1.807) is 0 Å². The lowest BCUT2D eigenvalue weighted by Crippen LogP contribution is -2.37. The third-order valence-electron chi connectivity index (χ3n) is 5.32. The molecule has 0 spiro atoms. The first-order chi connectivity index (χ1) is 14.2. The second-order valence-corrected chi connectivity index (χ2v) is 10.8. The summed E-state index contributed by atoms with van der Waals surface area (Å²) in [5.74, 6) is -1.22. The zero-order valence-electron chi connectivity index (χ0n) is 17.2. The smallest absolute Gasteiger partial charge is 0.303 e. The van der Waals surface area contributed by atoms with E-state index in [4.69, 9.17) is 5.11 Å². The highest BCUT2D eigenvalue weighted by Crippen LogP contribution is 2.41. The highest BCUT2D eigenvalue weighted by Gasteiger charge is 2.49. The fourth-order valence-electron chi connectivity index (χ4n) is 3.83. The minimum atomic E-state index is -3.13. The predicted octanol–water partition coefficient (Wildman–Crippen LogP) is 2.39. The number of aliphatic carboxylic acids is 1. The van der Waals surface area contributed by atoms with Gasteiger partial charge in [0.2, 0.25) is 5.91 Å². The second kappa shape index (κ2) is 9.38. The van der Waals surface area contributed by atoms with Crippen LogP contribution in [0.3, 0.4) is 0 Å². The van der Waals surface area contributed by atoms with Crippen molar-refractivity contribution >= 4 is 50.0 Å². The lowest BCUT2D eigenvalue weighted by atomic mass is 10.2. The van der Waals surface area contributed by atoms with Crippen molar-refractivity contribution < 1.29 is 23.1 Å². The van der Waals surface area contributed by atoms with Crippen molar-refractivity contribution in [3.63, 3.8) is 0 Å². The SMILES string of the molecule is CCN(CC)c1ccc(N2C(=NC(=O)CCCC(=O)O)S[C@@H]3CS(=O)(=O)C[C@@H]32)cc1. The Hall–Kier alpha value is -2.07. The van der Waals surface area contributed by atoms with Gasteiger partial charge in [0.1, 0.15) is 0 Å². The molecule has 0 unspecified atom stereocenters. The Morgan fingerprint density at radius 3 is 2.43 bits per heavy atom. The molecule has 1 N–H and O–H groups in total. The normalized spacial score (nSPS) is 23.5. The van der Waals surface area contributed by atoms with Crippen molar-refractivity contribution in [3.8, 4) is 0 Å². The Labute approximate surface area is 181 Å². The number of benzene rings is 1. The number of amides is 1. The molecule has 0 radical (unpaired) electrons. The van der Waals surface area contributed by atoms with Gasteiger partial charge in [-0.15, -0.1) is 0 Å². The molecular weight excluding hydrogens is 426 g/mol. The van der Waals surface area contributed by atoms with E-state index in [0.717, 1.165) is 24.5 Å². The van der Waals surface area contributed by atoms with Gasteiger partial charge in [-0.3, -0.25) is 9.59 Å². The van der Waals surface area contributed by atoms with Crippen LogP contribution in [0.4, 0.5) is 11.4 Å². The Morgan fingerprint density at radius 2 is 1.83 bits per heavy atom. The first kappa shape index (κ1) is 22.6. The van der Waals surface area contributed by atoms with Crippen molar-refractivity contribution in [3.05, 3.63) is 24.3 Å². The molecule has 8 nitrogen and oxygen atoms in total. The molecule has 2 atom stereocenters. The number of anilines is 2. The maximum absolute atomic E-state index is 12.3. The van der Waals surface area contributed by atoms with E-state index >= 15 is 0 Å². The first-order valence-electron chi connectivity index (χ1n) is 10.1. The molecule has 30 heavy (non-hydrogen) atoms. The summed E-state index contributed by atoms with van der Waals surface area (Å²) in [4.78, 5) is 31.2. The number of carboxylic acids is 1. The van der Waals surface area contributed by atoms with Gasteiger partial charge in [0.25, 0.3) is 0 Å². The molecule has 2 aliphatic rings. The summed E-state index contributed by atoms with van der Waals surface area (Å²) < 4.78 is 24.3. The fraction of sp³-hybridized carbons (Fsp3) is 0.550. The number of thioether (sulfide) groups is 1. The van der Waals surface area contributed by atoms with Crippen molar-refractivity contribution in [1.29, 1.82) is 0 Å². The summed E-state index contributed by atoms with van der Waals surface area (Å²) in [7, 11) is -3.13. The van der Waals surface area contributed by atoms with Gasteiger partial charge in [-0.25, -0.2) is 8.42 Å². The molecule has 0 aliphatic carbocycles. The lowest BCUT2D eigenvalue weighted by molar-refractivity contribution is -0.137. The number of hydrogen-bond donors (Lipinski definition) is 1. The average molecular weight is 454 g/mol. The van der Waals surface area contributed by atoms with Gasteiger partial charge in [-0.05, 0) is 44.5 Å². The molecule has 164 valence electrons. The third-order valence-corrected chi connectivity index (χ3v) is 8.53. The van der Waals surface area contributed by atoms with Gasteiger partial charge in [0.05, 0.1) is 17.5 Å². The van der Waals surface area contributed by atoms with Crippen LogP contribution in [-0.4, -0.2) is 66.5 Å². The maximum atomic E-state index is 12.3. The highest BCUT2D eigenvalue weighted by atomic mass is 32.2. The van der Waals surface area contributed by atoms with Crippen molar-refractivity contribution in [2.24, 2.45) is 4.99 Å². The number of aliphatic imine (C=N–C) groups is 1. The number of hydrogen-bond acceptors (Lipinski definition) is 6. The standard InChI is InChI=1S/C20H27N3O5S2/c1-3-22(4-2)14-8-10-15(11-9-14)23-16-12-30(27,28)13-17(16)29-20(23)21-18(24)6-5-7-19(25)26/h8-11,16-17H,3-7,12-13H2,1-2H3,(H,25,26)/t16-,17+/m0/s1. The number of nitrogens with zero attached hydrogens (tertiary/aromatic N) is 3. The van der Waals surface area contributed by atoms with Gasteiger partial charge in [-0.1, -0.05) is 11.8 Å². The summed E-state index contributed by atoms with van der Waals surface area (Å²) in [5.41, 5.74) is 1.88. The molecule has 1 aromatic carbocycles. The van der Waals surface area contributed by atoms with Crippen molar-refractivity contribution in [1.82, 2.24) is 0 Å². The second-order valence-electron chi connectivity index (χ2n) is 7.39. The molecule has 1 amide bonds. The molecule has 1 aromatic rings. The number of carbonyl (C=O) groups excluding carboxylic acids is 1. The van der Waals surface area contributed by atoms with Gasteiger partial charge >= 0.3 is 5.97 Å². The van der Waals surface area contributed by atoms with Crippen LogP contribution in [0, 0.1) is 0 Å². The number of carbonyl (C=O) groups is 2. The first-order valence-corrected chi connectivity index (χ1v) is 12.8. The molecule has 3 rings (SSSR count). The van der Waals surface area contributed by atoms with Crippen LogP contribution in [0.2, 0.25) is 0 Å². The Bertz CT molecular complexity index is 926. The van der Waals surface area contributed by atoms with E-state index in [-0.39, 0.29) is 48.0 Å². The molecular formula is C20H27N3O5S2. The molecule has 10 heteroatoms. The monoisotopic (exact) mass is 453 g/mol. The highest BCUT2D eigenvalue weighted by molar-refractivity contribution is 8.16. The molecule has 0 saturated carbocycles. The van der Waals surface area contributed by atoms with Gasteiger partial charge < -0.3 is 14.9 Å². The van der Waals surface area contributed by atoms with E-state index in [1.807, 2.05) is 29.2 Å². The molecule has 2 heterocycles. The van der Waals surface area contributed by atoms with Crippen molar-refractivity contribution in [2.75, 3.05) is 34.4 Å². The number of amidine groups is 1. The minimum Gasteiger partial charge on any atom is -0.481 e. The zero-order valence-corrected chi connectivity index (χ0v) is 18.8. The molecule has 0 bridgehead atoms. The summed E-state index contributed by atoms with van der Waals surface area (Å²) in [6.45, 7) is 5.94.